The molecule has 0 N–H and O–H groups in total. The summed E-state index contributed by atoms with van der Waals surface area (Å²) in [5, 5.41) is 0. The summed E-state index contributed by atoms with van der Waals surface area (Å²) in [6, 6.07) is 27.6. The van der Waals surface area contributed by atoms with Gasteiger partial charge in [-0.05, 0) is 57.3 Å². The smallest absolute Gasteiger partial charge is 0.0899 e. The van der Waals surface area contributed by atoms with Crippen molar-refractivity contribution in [1.82, 2.24) is 9.97 Å². The van der Waals surface area contributed by atoms with Gasteiger partial charge in [-0.25, -0.2) is 4.98 Å². The van der Waals surface area contributed by atoms with Gasteiger partial charge >= 0.3 is 0 Å². The van der Waals surface area contributed by atoms with Crippen molar-refractivity contribution in [1.29, 1.82) is 0 Å². The average Bonchev–Trinajstić information content (AvgIpc) is 2.78. The lowest BCUT2D eigenvalue weighted by Crippen LogP contribution is -2.19. The first kappa shape index (κ1) is 22.0. The van der Waals surface area contributed by atoms with Crippen LogP contribution in [0.15, 0.2) is 85.1 Å². The van der Waals surface area contributed by atoms with Gasteiger partial charge in [-0.1, -0.05) is 96.1 Å². The lowest BCUT2D eigenvalue weighted by atomic mass is 9.74. The first-order chi connectivity index (χ1) is 15.1. The Morgan fingerprint density at radius 1 is 0.531 bits per heavy atom. The van der Waals surface area contributed by atoms with Crippen LogP contribution in [0.4, 0.5) is 0 Å². The molecule has 2 heterocycles. The summed E-state index contributed by atoms with van der Waals surface area (Å²) in [5.74, 6) is 0. The quantitative estimate of drug-likeness (QED) is 0.335. The van der Waals surface area contributed by atoms with Crippen LogP contribution in [0.3, 0.4) is 0 Å². The zero-order valence-corrected chi connectivity index (χ0v) is 20.0. The van der Waals surface area contributed by atoms with Gasteiger partial charge in [0, 0.05) is 11.8 Å². The topological polar surface area (TPSA) is 25.8 Å². The van der Waals surface area contributed by atoms with Gasteiger partial charge < -0.3 is 0 Å². The van der Waals surface area contributed by atoms with Gasteiger partial charge in [-0.2, -0.15) is 0 Å². The molecule has 4 rings (SSSR count). The lowest BCUT2D eigenvalue weighted by molar-refractivity contribution is 0.572. The Kier molecular flexibility index (Phi) is 5.73. The minimum Gasteiger partial charge on any atom is -0.255 e. The van der Waals surface area contributed by atoms with Gasteiger partial charge in [0.2, 0.25) is 0 Å². The molecular formula is C30H32N2. The summed E-state index contributed by atoms with van der Waals surface area (Å²) < 4.78 is 0. The Morgan fingerprint density at radius 3 is 1.69 bits per heavy atom. The largest absolute Gasteiger partial charge is 0.255 e. The van der Waals surface area contributed by atoms with Crippen LogP contribution in [-0.2, 0) is 10.8 Å². The molecule has 32 heavy (non-hydrogen) atoms. The Bertz CT molecular complexity index is 1120. The van der Waals surface area contributed by atoms with Crippen molar-refractivity contribution < 1.29 is 0 Å². The van der Waals surface area contributed by atoms with Crippen molar-refractivity contribution in [3.63, 3.8) is 0 Å². The number of nitrogens with zero attached hydrogens (tertiary/aromatic N) is 2. The van der Waals surface area contributed by atoms with Crippen molar-refractivity contribution in [3.05, 3.63) is 96.2 Å². The SMILES string of the molecule is CC(C)(C)c1cccc(C(C)(C)C)c1-c1cc(-c2ccccc2)nc(-c2ccccn2)c1. The second kappa shape index (κ2) is 8.35. The molecule has 2 aromatic carbocycles. The summed E-state index contributed by atoms with van der Waals surface area (Å²) in [6.45, 7) is 13.7. The summed E-state index contributed by atoms with van der Waals surface area (Å²) in [6.07, 6.45) is 1.83. The first-order valence-electron chi connectivity index (χ1n) is 11.3. The van der Waals surface area contributed by atoms with Crippen LogP contribution in [0.1, 0.15) is 52.7 Å². The Labute approximate surface area is 192 Å². The van der Waals surface area contributed by atoms with E-state index in [2.05, 4.69) is 101 Å². The molecule has 0 amide bonds. The van der Waals surface area contributed by atoms with Crippen molar-refractivity contribution >= 4 is 0 Å². The van der Waals surface area contributed by atoms with Crippen molar-refractivity contribution in [3.8, 4) is 33.8 Å². The monoisotopic (exact) mass is 420 g/mol. The van der Waals surface area contributed by atoms with Crippen LogP contribution >= 0.6 is 0 Å². The molecule has 0 aliphatic carbocycles. The van der Waals surface area contributed by atoms with Gasteiger partial charge in [0.15, 0.2) is 0 Å². The number of aromatic nitrogens is 2. The van der Waals surface area contributed by atoms with E-state index in [0.717, 1.165) is 22.6 Å². The van der Waals surface area contributed by atoms with E-state index in [9.17, 15) is 0 Å². The zero-order valence-electron chi connectivity index (χ0n) is 20.0. The van der Waals surface area contributed by atoms with E-state index in [1.165, 1.54) is 22.3 Å². The molecule has 0 spiro atoms. The predicted molar refractivity (Wildman–Crippen MR) is 136 cm³/mol. The highest BCUT2D eigenvalue weighted by atomic mass is 14.8. The molecule has 0 saturated carbocycles. The van der Waals surface area contributed by atoms with E-state index >= 15 is 0 Å². The maximum Gasteiger partial charge on any atom is 0.0899 e. The molecule has 0 unspecified atom stereocenters. The molecule has 4 aromatic rings. The third kappa shape index (κ3) is 4.50. The maximum absolute atomic E-state index is 5.02. The second-order valence-corrected chi connectivity index (χ2v) is 10.4. The highest BCUT2D eigenvalue weighted by Crippen LogP contribution is 2.42. The Balaban J connectivity index is 2.07. The third-order valence-electron chi connectivity index (χ3n) is 5.79. The van der Waals surface area contributed by atoms with Crippen LogP contribution < -0.4 is 0 Å². The lowest BCUT2D eigenvalue weighted by Gasteiger charge is -2.30. The molecule has 0 atom stereocenters. The number of hydrogen-bond donors (Lipinski definition) is 0. The number of rotatable bonds is 3. The maximum atomic E-state index is 5.02. The molecule has 0 saturated heterocycles. The molecule has 0 radical (unpaired) electrons. The molecular weight excluding hydrogens is 388 g/mol. The molecule has 2 nitrogen and oxygen atoms in total. The minimum atomic E-state index is 0.0118. The molecule has 2 aromatic heterocycles. The fourth-order valence-corrected chi connectivity index (χ4v) is 4.19. The van der Waals surface area contributed by atoms with Crippen LogP contribution in [0.5, 0.6) is 0 Å². The van der Waals surface area contributed by atoms with Gasteiger partial charge in [-0.15, -0.1) is 0 Å². The predicted octanol–water partition coefficient (Wildman–Crippen LogP) is 8.07. The van der Waals surface area contributed by atoms with E-state index in [1.807, 2.05) is 30.5 Å². The number of pyridine rings is 2. The van der Waals surface area contributed by atoms with E-state index in [-0.39, 0.29) is 10.8 Å². The molecule has 0 aliphatic heterocycles. The van der Waals surface area contributed by atoms with Crippen LogP contribution in [-0.4, -0.2) is 9.97 Å². The van der Waals surface area contributed by atoms with Crippen molar-refractivity contribution in [2.24, 2.45) is 0 Å². The number of benzene rings is 2. The van der Waals surface area contributed by atoms with Crippen LogP contribution in [0, 0.1) is 0 Å². The standard InChI is InChI=1S/C30H32N2/c1-29(2,3)23-15-12-16-24(30(4,5)6)28(23)22-19-26(21-13-8-7-9-14-21)32-27(20-22)25-17-10-11-18-31-25/h7-20H,1-6H3. The normalized spacial score (nSPS) is 12.1. The van der Waals surface area contributed by atoms with E-state index in [1.54, 1.807) is 0 Å². The van der Waals surface area contributed by atoms with Crippen molar-refractivity contribution in [2.45, 2.75) is 52.4 Å². The highest BCUT2D eigenvalue weighted by Gasteiger charge is 2.26. The van der Waals surface area contributed by atoms with Gasteiger partial charge in [0.25, 0.3) is 0 Å². The van der Waals surface area contributed by atoms with Crippen LogP contribution in [0.2, 0.25) is 0 Å². The van der Waals surface area contributed by atoms with Crippen molar-refractivity contribution in [2.75, 3.05) is 0 Å². The molecule has 0 aliphatic rings. The third-order valence-corrected chi connectivity index (χ3v) is 5.79. The van der Waals surface area contributed by atoms with Crippen LogP contribution in [0.25, 0.3) is 33.8 Å². The minimum absolute atomic E-state index is 0.0118. The molecule has 2 heteroatoms. The zero-order chi connectivity index (χ0) is 22.9. The van der Waals surface area contributed by atoms with E-state index in [0.29, 0.717) is 0 Å². The highest BCUT2D eigenvalue weighted by molar-refractivity contribution is 5.80. The summed E-state index contributed by atoms with van der Waals surface area (Å²) in [7, 11) is 0. The summed E-state index contributed by atoms with van der Waals surface area (Å²) in [4.78, 5) is 9.62. The van der Waals surface area contributed by atoms with Gasteiger partial charge in [-0.3, -0.25) is 4.98 Å². The average molecular weight is 421 g/mol. The summed E-state index contributed by atoms with van der Waals surface area (Å²) >= 11 is 0. The second-order valence-electron chi connectivity index (χ2n) is 10.4. The fraction of sp³-hybridized carbons (Fsp3) is 0.267. The van der Waals surface area contributed by atoms with Gasteiger partial charge in [0.1, 0.15) is 0 Å². The Hall–Kier alpha value is -3.26. The number of hydrogen-bond acceptors (Lipinski definition) is 2. The first-order valence-corrected chi connectivity index (χ1v) is 11.3. The Morgan fingerprint density at radius 2 is 1.12 bits per heavy atom. The molecule has 0 bridgehead atoms. The van der Waals surface area contributed by atoms with E-state index < -0.39 is 0 Å². The fourth-order valence-electron chi connectivity index (χ4n) is 4.19. The van der Waals surface area contributed by atoms with Gasteiger partial charge in [0.05, 0.1) is 17.1 Å². The van der Waals surface area contributed by atoms with E-state index in [4.69, 9.17) is 4.98 Å². The molecule has 0 fully saturated rings. The summed E-state index contributed by atoms with van der Waals surface area (Å²) in [5.41, 5.74) is 9.08. The molecule has 162 valence electrons.